The zero-order chi connectivity index (χ0) is 11.0. The predicted octanol–water partition coefficient (Wildman–Crippen LogP) is 1.00. The lowest BCUT2D eigenvalue weighted by molar-refractivity contribution is -0.121. The summed E-state index contributed by atoms with van der Waals surface area (Å²) in [5, 5.41) is 0. The van der Waals surface area contributed by atoms with Crippen LogP contribution in [-0.2, 0) is 9.59 Å². The van der Waals surface area contributed by atoms with Gasteiger partial charge in [-0.3, -0.25) is 14.5 Å². The van der Waals surface area contributed by atoms with Gasteiger partial charge in [-0.05, 0) is 31.5 Å². The van der Waals surface area contributed by atoms with Gasteiger partial charge in [-0.2, -0.15) is 0 Å². The largest absolute Gasteiger partial charge is 0.297 e. The lowest BCUT2D eigenvalue weighted by Gasteiger charge is -2.14. The second-order valence-electron chi connectivity index (χ2n) is 3.84. The molecule has 0 bridgehead atoms. The fraction of sp³-hybridized carbons (Fsp3) is 0.364. The molecule has 0 unspecified atom stereocenters. The van der Waals surface area contributed by atoms with E-state index in [1.54, 1.807) is 0 Å². The molecule has 1 saturated heterocycles. The summed E-state index contributed by atoms with van der Waals surface area (Å²) in [6.45, 7) is 3.98. The number of pyridine rings is 1. The smallest absolute Gasteiger partial charge is 0.236 e. The lowest BCUT2D eigenvalue weighted by Crippen LogP contribution is -2.25. The molecule has 2 rings (SSSR count). The van der Waals surface area contributed by atoms with Crippen molar-refractivity contribution in [2.24, 2.45) is 0 Å². The van der Waals surface area contributed by atoms with Crippen molar-refractivity contribution in [3.63, 3.8) is 0 Å². The molecule has 78 valence electrons. The quantitative estimate of drug-likeness (QED) is 0.641. The molecule has 1 aromatic rings. The highest BCUT2D eigenvalue weighted by Crippen LogP contribution is 2.19. The van der Waals surface area contributed by atoms with Gasteiger partial charge >= 0.3 is 0 Å². The van der Waals surface area contributed by atoms with Gasteiger partial charge < -0.3 is 0 Å². The van der Waals surface area contributed by atoms with E-state index in [1.165, 1.54) is 4.90 Å². The van der Waals surface area contributed by atoms with E-state index in [1.807, 2.05) is 26.0 Å². The van der Waals surface area contributed by atoms with E-state index in [0.717, 1.165) is 11.3 Å². The monoisotopic (exact) mass is 204 g/mol. The number of carbonyl (C=O) groups excluding carboxylic acids is 2. The molecule has 0 N–H and O–H groups in total. The number of hydrogen-bond donors (Lipinski definition) is 0. The third-order valence-electron chi connectivity index (χ3n) is 2.34. The van der Waals surface area contributed by atoms with Gasteiger partial charge in [-0.1, -0.05) is 0 Å². The summed E-state index contributed by atoms with van der Waals surface area (Å²) in [6, 6.07) is 3.76. The number of nitrogens with zero attached hydrogens (tertiary/aromatic N) is 2. The highest BCUT2D eigenvalue weighted by Gasteiger charge is 2.29. The van der Waals surface area contributed by atoms with Crippen molar-refractivity contribution < 1.29 is 9.59 Å². The van der Waals surface area contributed by atoms with E-state index in [2.05, 4.69) is 4.98 Å². The van der Waals surface area contributed by atoms with Crippen LogP contribution in [0.2, 0.25) is 0 Å². The average molecular weight is 204 g/mol. The molecule has 0 atom stereocenters. The van der Waals surface area contributed by atoms with E-state index < -0.39 is 0 Å². The molecule has 1 aromatic heterocycles. The van der Waals surface area contributed by atoms with Gasteiger partial charge in [0.1, 0.15) is 5.82 Å². The number of aromatic nitrogens is 1. The maximum atomic E-state index is 11.5. The van der Waals surface area contributed by atoms with Crippen molar-refractivity contribution >= 4 is 17.5 Å². The summed E-state index contributed by atoms with van der Waals surface area (Å²) in [7, 11) is 0. The number of amides is 1. The summed E-state index contributed by atoms with van der Waals surface area (Å²) in [5.74, 6) is 0.391. The Kier molecular flexibility index (Phi) is 2.26. The molecular formula is C11H12N2O2. The fourth-order valence-corrected chi connectivity index (χ4v) is 1.75. The minimum Gasteiger partial charge on any atom is -0.297 e. The molecule has 1 amide bonds. The number of carbonyl (C=O) groups is 2. The van der Waals surface area contributed by atoms with Gasteiger partial charge in [0.25, 0.3) is 0 Å². The average Bonchev–Trinajstić information content (AvgIpc) is 2.43. The first-order valence-corrected chi connectivity index (χ1v) is 4.83. The predicted molar refractivity (Wildman–Crippen MR) is 55.7 cm³/mol. The van der Waals surface area contributed by atoms with Crippen molar-refractivity contribution in [3.8, 4) is 0 Å². The summed E-state index contributed by atoms with van der Waals surface area (Å²) < 4.78 is 0. The summed E-state index contributed by atoms with van der Waals surface area (Å²) in [6.07, 6.45) is 0.00860. The van der Waals surface area contributed by atoms with E-state index in [0.29, 0.717) is 5.82 Å². The molecule has 0 aromatic carbocycles. The molecule has 1 aliphatic rings. The molecule has 0 aliphatic carbocycles. The Bertz CT molecular complexity index is 420. The Labute approximate surface area is 87.9 Å². The van der Waals surface area contributed by atoms with Crippen LogP contribution in [0.1, 0.15) is 17.7 Å². The van der Waals surface area contributed by atoms with Crippen molar-refractivity contribution in [2.45, 2.75) is 20.3 Å². The van der Waals surface area contributed by atoms with Crippen LogP contribution in [0.5, 0.6) is 0 Å². The van der Waals surface area contributed by atoms with Gasteiger partial charge in [0.2, 0.25) is 5.91 Å². The van der Waals surface area contributed by atoms with E-state index in [9.17, 15) is 9.59 Å². The summed E-state index contributed by atoms with van der Waals surface area (Å²) in [5.41, 5.74) is 1.90. The Morgan fingerprint density at radius 3 is 2.53 bits per heavy atom. The van der Waals surface area contributed by atoms with Crippen LogP contribution in [-0.4, -0.2) is 23.2 Å². The second kappa shape index (κ2) is 3.46. The highest BCUT2D eigenvalue weighted by molar-refractivity contribution is 6.14. The topological polar surface area (TPSA) is 50.3 Å². The molecule has 1 fully saturated rings. The van der Waals surface area contributed by atoms with Gasteiger partial charge in [0, 0.05) is 5.69 Å². The molecule has 4 heteroatoms. The standard InChI is InChI=1S/C11H12N2O2/c1-7-3-8(2)12-10(4-7)13-6-9(14)5-11(13)15/h3-4H,5-6H2,1-2H3. The zero-order valence-electron chi connectivity index (χ0n) is 8.78. The van der Waals surface area contributed by atoms with Gasteiger partial charge in [-0.15, -0.1) is 0 Å². The third kappa shape index (κ3) is 1.88. The molecule has 0 saturated carbocycles. The maximum Gasteiger partial charge on any atom is 0.236 e. The number of rotatable bonds is 1. The first-order valence-electron chi connectivity index (χ1n) is 4.83. The molecule has 0 spiro atoms. The Morgan fingerprint density at radius 1 is 1.27 bits per heavy atom. The van der Waals surface area contributed by atoms with Crippen LogP contribution in [0.15, 0.2) is 12.1 Å². The molecule has 0 radical (unpaired) electrons. The number of Topliss-reactive ketones (excluding diaryl/α,β-unsaturated/α-hetero) is 1. The Hall–Kier alpha value is -1.71. The minimum atomic E-state index is -0.155. The van der Waals surface area contributed by atoms with Crippen LogP contribution in [0.3, 0.4) is 0 Å². The Morgan fingerprint density at radius 2 is 2.00 bits per heavy atom. The van der Waals surface area contributed by atoms with Crippen LogP contribution < -0.4 is 4.90 Å². The number of aryl methyl sites for hydroxylation is 2. The van der Waals surface area contributed by atoms with E-state index in [-0.39, 0.29) is 24.7 Å². The van der Waals surface area contributed by atoms with Crippen molar-refractivity contribution in [2.75, 3.05) is 11.4 Å². The van der Waals surface area contributed by atoms with Crippen molar-refractivity contribution in [3.05, 3.63) is 23.4 Å². The van der Waals surface area contributed by atoms with Crippen LogP contribution in [0.25, 0.3) is 0 Å². The molecule has 1 aliphatic heterocycles. The first-order chi connectivity index (χ1) is 7.06. The van der Waals surface area contributed by atoms with Crippen LogP contribution >= 0.6 is 0 Å². The number of anilines is 1. The van der Waals surface area contributed by atoms with Crippen molar-refractivity contribution in [1.29, 1.82) is 0 Å². The van der Waals surface area contributed by atoms with Crippen molar-refractivity contribution in [1.82, 2.24) is 4.98 Å². The summed E-state index contributed by atoms with van der Waals surface area (Å²) >= 11 is 0. The summed E-state index contributed by atoms with van der Waals surface area (Å²) in [4.78, 5) is 28.3. The third-order valence-corrected chi connectivity index (χ3v) is 2.34. The second-order valence-corrected chi connectivity index (χ2v) is 3.84. The van der Waals surface area contributed by atoms with E-state index >= 15 is 0 Å². The van der Waals surface area contributed by atoms with Gasteiger partial charge in [0.15, 0.2) is 5.78 Å². The van der Waals surface area contributed by atoms with E-state index in [4.69, 9.17) is 0 Å². The lowest BCUT2D eigenvalue weighted by atomic mass is 10.2. The van der Waals surface area contributed by atoms with Crippen LogP contribution in [0, 0.1) is 13.8 Å². The van der Waals surface area contributed by atoms with Gasteiger partial charge in [-0.25, -0.2) is 4.98 Å². The molecule has 4 nitrogen and oxygen atoms in total. The molecular weight excluding hydrogens is 192 g/mol. The van der Waals surface area contributed by atoms with Gasteiger partial charge in [0.05, 0.1) is 13.0 Å². The SMILES string of the molecule is Cc1cc(C)nc(N2CC(=O)CC2=O)c1. The highest BCUT2D eigenvalue weighted by atomic mass is 16.2. The van der Waals surface area contributed by atoms with Crippen LogP contribution in [0.4, 0.5) is 5.82 Å². The molecule has 15 heavy (non-hydrogen) atoms. The zero-order valence-corrected chi connectivity index (χ0v) is 8.78. The number of hydrogen-bond acceptors (Lipinski definition) is 3. The fourth-order valence-electron chi connectivity index (χ4n) is 1.75. The number of ketones is 1. The molecule has 2 heterocycles. The Balaban J connectivity index is 2.37. The maximum absolute atomic E-state index is 11.5. The first kappa shape index (κ1) is 9.83. The normalized spacial score (nSPS) is 16.3. The minimum absolute atomic E-state index is 0.00860.